The molecule has 0 spiro atoms. The Hall–Kier alpha value is -1.84. The molecular weight excluding hydrogens is 290 g/mol. The lowest BCUT2D eigenvalue weighted by Crippen LogP contribution is -2.45. The summed E-state index contributed by atoms with van der Waals surface area (Å²) in [5, 5.41) is 2.90. The van der Waals surface area contributed by atoms with Gasteiger partial charge in [-0.2, -0.15) is 0 Å². The van der Waals surface area contributed by atoms with E-state index in [-0.39, 0.29) is 17.7 Å². The molecule has 1 amide bonds. The maximum absolute atomic E-state index is 12.9. The topological polar surface area (TPSA) is 55.4 Å². The summed E-state index contributed by atoms with van der Waals surface area (Å²) < 4.78 is 5.34. The molecule has 2 unspecified atom stereocenters. The van der Waals surface area contributed by atoms with Gasteiger partial charge in [0.2, 0.25) is 0 Å². The predicted molar refractivity (Wildman–Crippen MR) is 90.6 cm³/mol. The summed E-state index contributed by atoms with van der Waals surface area (Å²) in [6.07, 6.45) is 2.93. The highest BCUT2D eigenvalue weighted by atomic mass is 16.6. The first kappa shape index (κ1) is 17.5. The number of hydrogen-bond acceptors (Lipinski definition) is 3. The largest absolute Gasteiger partial charge is 0.444 e. The Bertz CT molecular complexity index is 574. The van der Waals surface area contributed by atoms with Crippen molar-refractivity contribution in [2.75, 3.05) is 0 Å². The van der Waals surface area contributed by atoms with Gasteiger partial charge in [-0.1, -0.05) is 31.2 Å². The number of amides is 1. The lowest BCUT2D eigenvalue weighted by Gasteiger charge is -2.27. The number of ketones is 1. The zero-order chi connectivity index (χ0) is 17.0. The molecular formula is C19H27NO3. The lowest BCUT2D eigenvalue weighted by molar-refractivity contribution is 0.0479. The van der Waals surface area contributed by atoms with Crippen molar-refractivity contribution < 1.29 is 14.3 Å². The van der Waals surface area contributed by atoms with Crippen LogP contribution in [0.2, 0.25) is 0 Å². The van der Waals surface area contributed by atoms with E-state index in [1.807, 2.05) is 52.0 Å². The third kappa shape index (κ3) is 4.57. The molecule has 23 heavy (non-hydrogen) atoms. The third-order valence-corrected chi connectivity index (χ3v) is 4.21. The summed E-state index contributed by atoms with van der Waals surface area (Å²) in [7, 11) is 0. The number of rotatable bonds is 3. The van der Waals surface area contributed by atoms with Crippen LogP contribution in [-0.4, -0.2) is 23.5 Å². The second-order valence-corrected chi connectivity index (χ2v) is 7.18. The number of alkyl carbamates (subject to hydrolysis) is 1. The Morgan fingerprint density at radius 3 is 2.70 bits per heavy atom. The van der Waals surface area contributed by atoms with Gasteiger partial charge >= 0.3 is 6.09 Å². The average Bonchev–Trinajstić information content (AvgIpc) is 2.63. The van der Waals surface area contributed by atoms with Gasteiger partial charge < -0.3 is 10.1 Å². The van der Waals surface area contributed by atoms with Crippen LogP contribution in [-0.2, 0) is 11.2 Å². The molecule has 2 atom stereocenters. The van der Waals surface area contributed by atoms with Crippen LogP contribution in [0.25, 0.3) is 0 Å². The van der Waals surface area contributed by atoms with E-state index in [2.05, 4.69) is 5.32 Å². The molecule has 1 aliphatic carbocycles. The van der Waals surface area contributed by atoms with Crippen LogP contribution < -0.4 is 5.32 Å². The number of ether oxygens (including phenoxy) is 1. The smallest absolute Gasteiger partial charge is 0.407 e. The minimum absolute atomic E-state index is 0.140. The summed E-state index contributed by atoms with van der Waals surface area (Å²) in [4.78, 5) is 25.0. The zero-order valence-corrected chi connectivity index (χ0v) is 14.5. The molecule has 1 aliphatic rings. The van der Waals surface area contributed by atoms with Gasteiger partial charge in [0.1, 0.15) is 5.60 Å². The summed E-state index contributed by atoms with van der Waals surface area (Å²) in [5.41, 5.74) is 1.38. The molecule has 126 valence electrons. The standard InChI is InChI=1S/C19H27NO3/c1-5-16(20-18(22)23-19(2,3)4)15-12-8-10-13-9-6-7-11-14(13)17(15)21/h6-7,9,11,15-16H,5,8,10,12H2,1-4H3,(H,20,22). The molecule has 0 bridgehead atoms. The van der Waals surface area contributed by atoms with E-state index in [1.54, 1.807) is 0 Å². The number of carbonyl (C=O) groups is 2. The molecule has 0 fully saturated rings. The van der Waals surface area contributed by atoms with Gasteiger partial charge in [0.05, 0.1) is 0 Å². The van der Waals surface area contributed by atoms with Crippen molar-refractivity contribution in [2.45, 2.75) is 65.0 Å². The number of aryl methyl sites for hydroxylation is 1. The highest BCUT2D eigenvalue weighted by molar-refractivity contribution is 6.00. The predicted octanol–water partition coefficient (Wildman–Crippen LogP) is 4.13. The number of nitrogens with one attached hydrogen (secondary N) is 1. The maximum Gasteiger partial charge on any atom is 0.407 e. The first-order chi connectivity index (χ1) is 10.8. The Balaban J connectivity index is 2.15. The van der Waals surface area contributed by atoms with E-state index in [1.165, 1.54) is 0 Å². The molecule has 0 heterocycles. The second kappa shape index (κ2) is 7.16. The molecule has 0 aliphatic heterocycles. The summed E-state index contributed by atoms with van der Waals surface area (Å²) >= 11 is 0. The Labute approximate surface area is 138 Å². The van der Waals surface area contributed by atoms with Gasteiger partial charge in [-0.3, -0.25) is 4.79 Å². The number of hydrogen-bond donors (Lipinski definition) is 1. The van der Waals surface area contributed by atoms with Crippen LogP contribution in [0.1, 0.15) is 62.9 Å². The van der Waals surface area contributed by atoms with Gasteiger partial charge in [-0.05, 0) is 52.0 Å². The van der Waals surface area contributed by atoms with Crippen LogP contribution >= 0.6 is 0 Å². The molecule has 0 saturated heterocycles. The Morgan fingerprint density at radius 1 is 1.35 bits per heavy atom. The molecule has 2 rings (SSSR count). The molecule has 1 aromatic carbocycles. The fraction of sp³-hybridized carbons (Fsp3) is 0.579. The van der Waals surface area contributed by atoms with Crippen molar-refractivity contribution in [2.24, 2.45) is 5.92 Å². The van der Waals surface area contributed by atoms with Gasteiger partial charge in [-0.15, -0.1) is 0 Å². The van der Waals surface area contributed by atoms with Crippen molar-refractivity contribution in [1.29, 1.82) is 0 Å². The minimum atomic E-state index is -0.539. The minimum Gasteiger partial charge on any atom is -0.444 e. The maximum atomic E-state index is 12.9. The normalized spacial score (nSPS) is 19.5. The molecule has 4 nitrogen and oxygen atoms in total. The van der Waals surface area contributed by atoms with Crippen molar-refractivity contribution in [3.8, 4) is 0 Å². The number of carbonyl (C=O) groups excluding carboxylic acids is 2. The van der Waals surface area contributed by atoms with Crippen LogP contribution in [0.15, 0.2) is 24.3 Å². The van der Waals surface area contributed by atoms with Crippen molar-refractivity contribution in [3.05, 3.63) is 35.4 Å². The summed E-state index contributed by atoms with van der Waals surface area (Å²) in [6, 6.07) is 7.61. The SMILES string of the molecule is CCC(NC(=O)OC(C)(C)C)C1CCCc2ccccc2C1=O. The van der Waals surface area contributed by atoms with E-state index in [0.717, 1.165) is 30.4 Å². The molecule has 1 aromatic rings. The van der Waals surface area contributed by atoms with Crippen LogP contribution in [0.3, 0.4) is 0 Å². The fourth-order valence-electron chi connectivity index (χ4n) is 3.15. The monoisotopic (exact) mass is 317 g/mol. The molecule has 1 N–H and O–H groups in total. The van der Waals surface area contributed by atoms with E-state index in [0.29, 0.717) is 6.42 Å². The van der Waals surface area contributed by atoms with Crippen LogP contribution in [0.5, 0.6) is 0 Å². The average molecular weight is 317 g/mol. The van der Waals surface area contributed by atoms with E-state index in [4.69, 9.17) is 4.74 Å². The van der Waals surface area contributed by atoms with Gasteiger partial charge in [0, 0.05) is 17.5 Å². The Kier molecular flexibility index (Phi) is 5.45. The third-order valence-electron chi connectivity index (χ3n) is 4.21. The molecule has 0 saturated carbocycles. The van der Waals surface area contributed by atoms with Gasteiger partial charge in [0.15, 0.2) is 5.78 Å². The second-order valence-electron chi connectivity index (χ2n) is 7.18. The van der Waals surface area contributed by atoms with Crippen LogP contribution in [0.4, 0.5) is 4.79 Å². The quantitative estimate of drug-likeness (QED) is 0.853. The number of Topliss-reactive ketones (excluding diaryl/α,β-unsaturated/α-hetero) is 1. The number of fused-ring (bicyclic) bond motifs is 1. The van der Waals surface area contributed by atoms with Gasteiger partial charge in [-0.25, -0.2) is 4.79 Å². The van der Waals surface area contributed by atoms with Crippen molar-refractivity contribution >= 4 is 11.9 Å². The number of benzene rings is 1. The van der Waals surface area contributed by atoms with Gasteiger partial charge in [0.25, 0.3) is 0 Å². The fourth-order valence-corrected chi connectivity index (χ4v) is 3.15. The Morgan fingerprint density at radius 2 is 2.04 bits per heavy atom. The van der Waals surface area contributed by atoms with Crippen LogP contribution in [0, 0.1) is 5.92 Å². The highest BCUT2D eigenvalue weighted by Gasteiger charge is 2.32. The first-order valence-electron chi connectivity index (χ1n) is 8.43. The van der Waals surface area contributed by atoms with E-state index < -0.39 is 11.7 Å². The van der Waals surface area contributed by atoms with Crippen molar-refractivity contribution in [3.63, 3.8) is 0 Å². The molecule has 0 radical (unpaired) electrons. The molecule has 4 heteroatoms. The summed E-state index contributed by atoms with van der Waals surface area (Å²) in [5.74, 6) is -0.0443. The lowest BCUT2D eigenvalue weighted by atomic mass is 9.87. The summed E-state index contributed by atoms with van der Waals surface area (Å²) in [6.45, 7) is 7.49. The van der Waals surface area contributed by atoms with E-state index >= 15 is 0 Å². The zero-order valence-electron chi connectivity index (χ0n) is 14.5. The van der Waals surface area contributed by atoms with Crippen molar-refractivity contribution in [1.82, 2.24) is 5.32 Å². The molecule has 0 aromatic heterocycles. The highest BCUT2D eigenvalue weighted by Crippen LogP contribution is 2.28. The van der Waals surface area contributed by atoms with E-state index in [9.17, 15) is 9.59 Å². The first-order valence-corrected chi connectivity index (χ1v) is 8.43.